The van der Waals surface area contributed by atoms with E-state index >= 15 is 0 Å². The van der Waals surface area contributed by atoms with E-state index in [9.17, 15) is 9.90 Å². The molecule has 0 aliphatic carbocycles. The van der Waals surface area contributed by atoms with Crippen molar-refractivity contribution >= 4 is 6.03 Å². The Hall–Kier alpha value is -2.69. The molecule has 0 bridgehead atoms. The van der Waals surface area contributed by atoms with Crippen LogP contribution in [0.15, 0.2) is 48.5 Å². The number of phenolic OH excluding ortho intramolecular Hbond substituents is 1. The minimum absolute atomic E-state index is 0.173. The molecule has 23 heavy (non-hydrogen) atoms. The zero-order valence-corrected chi connectivity index (χ0v) is 13.4. The van der Waals surface area contributed by atoms with E-state index in [2.05, 4.69) is 29.7 Å². The predicted molar refractivity (Wildman–Crippen MR) is 89.6 cm³/mol. The van der Waals surface area contributed by atoms with E-state index < -0.39 is 6.23 Å². The number of carbonyl (C=O) groups excluding carboxylic acids is 1. The van der Waals surface area contributed by atoms with Crippen LogP contribution >= 0.6 is 0 Å². The smallest absolute Gasteiger partial charge is 0.317 e. The van der Waals surface area contributed by atoms with Gasteiger partial charge < -0.3 is 20.5 Å². The lowest BCUT2D eigenvalue weighted by molar-refractivity contribution is 0.177. The number of phenols is 1. The molecule has 122 valence electrons. The number of nitrogens with one attached hydrogen (secondary N) is 2. The van der Waals surface area contributed by atoms with Crippen LogP contribution in [0.1, 0.15) is 18.1 Å². The largest absolute Gasteiger partial charge is 0.508 e. The molecule has 2 rings (SSSR count). The Labute approximate surface area is 136 Å². The summed E-state index contributed by atoms with van der Waals surface area (Å²) in [5, 5.41) is 14.7. The normalized spacial score (nSPS) is 11.6. The summed E-state index contributed by atoms with van der Waals surface area (Å²) in [5.74, 6) is 0.752. The first-order valence-corrected chi connectivity index (χ1v) is 7.59. The summed E-state index contributed by atoms with van der Waals surface area (Å²) in [6, 6.07) is 14.2. The Bertz CT molecular complexity index is 641. The number of rotatable bonds is 6. The molecule has 1 unspecified atom stereocenters. The minimum Gasteiger partial charge on any atom is -0.508 e. The fraction of sp³-hybridized carbons (Fsp3) is 0.278. The summed E-state index contributed by atoms with van der Waals surface area (Å²) in [6.45, 7) is 4.36. The molecule has 2 amide bonds. The van der Waals surface area contributed by atoms with Crippen LogP contribution in [0, 0.1) is 6.92 Å². The first kappa shape index (κ1) is 16.7. The van der Waals surface area contributed by atoms with Gasteiger partial charge in [-0.3, -0.25) is 0 Å². The molecule has 0 saturated heterocycles. The third kappa shape index (κ3) is 5.54. The van der Waals surface area contributed by atoms with E-state index in [-0.39, 0.29) is 11.8 Å². The number of hydrogen-bond donors (Lipinski definition) is 3. The SMILES string of the molecule is Cc1ccccc1CCNC(=O)NC(C)Oc1ccc(O)cc1. The number of hydrogen-bond acceptors (Lipinski definition) is 3. The molecule has 0 radical (unpaired) electrons. The quantitative estimate of drug-likeness (QED) is 0.718. The van der Waals surface area contributed by atoms with Crippen molar-refractivity contribution in [3.05, 3.63) is 59.7 Å². The first-order valence-electron chi connectivity index (χ1n) is 7.59. The molecule has 0 aliphatic rings. The van der Waals surface area contributed by atoms with Crippen LogP contribution in [0.2, 0.25) is 0 Å². The average molecular weight is 314 g/mol. The number of ether oxygens (including phenoxy) is 1. The van der Waals surface area contributed by atoms with Crippen LogP contribution < -0.4 is 15.4 Å². The Morgan fingerprint density at radius 1 is 1.17 bits per heavy atom. The minimum atomic E-state index is -0.474. The van der Waals surface area contributed by atoms with Crippen LogP contribution in [0.5, 0.6) is 11.5 Å². The molecule has 0 aliphatic heterocycles. The van der Waals surface area contributed by atoms with Gasteiger partial charge in [-0.25, -0.2) is 4.79 Å². The lowest BCUT2D eigenvalue weighted by atomic mass is 10.1. The van der Waals surface area contributed by atoms with Gasteiger partial charge in [0.15, 0.2) is 6.23 Å². The number of carbonyl (C=O) groups is 1. The summed E-state index contributed by atoms with van der Waals surface area (Å²) in [6.07, 6.45) is 0.311. The average Bonchev–Trinajstić information content (AvgIpc) is 2.51. The predicted octanol–water partition coefficient (Wildman–Crippen LogP) is 2.97. The van der Waals surface area contributed by atoms with Crippen molar-refractivity contribution in [2.24, 2.45) is 0 Å². The van der Waals surface area contributed by atoms with Crippen LogP contribution in [0.4, 0.5) is 4.79 Å². The van der Waals surface area contributed by atoms with Crippen LogP contribution in [-0.2, 0) is 6.42 Å². The Morgan fingerprint density at radius 3 is 2.57 bits per heavy atom. The van der Waals surface area contributed by atoms with Crippen LogP contribution in [0.3, 0.4) is 0 Å². The van der Waals surface area contributed by atoms with Crippen molar-refractivity contribution in [3.63, 3.8) is 0 Å². The maximum Gasteiger partial charge on any atom is 0.317 e. The summed E-state index contributed by atoms with van der Waals surface area (Å²) in [5.41, 5.74) is 2.44. The monoisotopic (exact) mass is 314 g/mol. The van der Waals surface area contributed by atoms with E-state index in [1.807, 2.05) is 12.1 Å². The molecule has 5 heteroatoms. The summed E-state index contributed by atoms with van der Waals surface area (Å²) in [4.78, 5) is 11.8. The highest BCUT2D eigenvalue weighted by atomic mass is 16.5. The second-order valence-electron chi connectivity index (χ2n) is 5.33. The highest BCUT2D eigenvalue weighted by Crippen LogP contribution is 2.16. The number of aryl methyl sites for hydroxylation is 1. The number of aromatic hydroxyl groups is 1. The standard InChI is InChI=1S/C18H22N2O3/c1-13-5-3-4-6-15(13)11-12-19-18(22)20-14(2)23-17-9-7-16(21)8-10-17/h3-10,14,21H,11-12H2,1-2H3,(H2,19,20,22). The van der Waals surface area contributed by atoms with Gasteiger partial charge in [0.1, 0.15) is 11.5 Å². The van der Waals surface area contributed by atoms with Gasteiger partial charge in [-0.2, -0.15) is 0 Å². The highest BCUT2D eigenvalue weighted by molar-refractivity contribution is 5.74. The lowest BCUT2D eigenvalue weighted by Crippen LogP contribution is -2.43. The second kappa shape index (κ2) is 8.08. The van der Waals surface area contributed by atoms with Gasteiger partial charge in [0.05, 0.1) is 0 Å². The molecule has 3 N–H and O–H groups in total. The van der Waals surface area contributed by atoms with E-state index in [0.29, 0.717) is 12.3 Å². The maximum absolute atomic E-state index is 11.8. The molecule has 0 spiro atoms. The van der Waals surface area contributed by atoms with Crippen molar-refractivity contribution < 1.29 is 14.6 Å². The number of benzene rings is 2. The highest BCUT2D eigenvalue weighted by Gasteiger charge is 2.08. The van der Waals surface area contributed by atoms with Gasteiger partial charge in [-0.1, -0.05) is 24.3 Å². The third-order valence-electron chi connectivity index (χ3n) is 3.43. The summed E-state index contributed by atoms with van der Waals surface area (Å²) < 4.78 is 5.54. The van der Waals surface area contributed by atoms with Gasteiger partial charge in [0.25, 0.3) is 0 Å². The molecular weight excluding hydrogens is 292 g/mol. The summed E-state index contributed by atoms with van der Waals surface area (Å²) >= 11 is 0. The Balaban J connectivity index is 1.71. The van der Waals surface area contributed by atoms with Gasteiger partial charge in [0.2, 0.25) is 0 Å². The maximum atomic E-state index is 11.8. The number of urea groups is 1. The second-order valence-corrected chi connectivity index (χ2v) is 5.33. The zero-order chi connectivity index (χ0) is 16.7. The Kier molecular flexibility index (Phi) is 5.86. The Morgan fingerprint density at radius 2 is 1.87 bits per heavy atom. The molecule has 0 saturated carbocycles. The van der Waals surface area contributed by atoms with Crippen molar-refractivity contribution in [2.45, 2.75) is 26.5 Å². The van der Waals surface area contributed by atoms with Crippen molar-refractivity contribution in [1.82, 2.24) is 10.6 Å². The van der Waals surface area contributed by atoms with Gasteiger partial charge in [-0.05, 0) is 55.7 Å². The zero-order valence-electron chi connectivity index (χ0n) is 13.4. The van der Waals surface area contributed by atoms with Gasteiger partial charge in [0, 0.05) is 6.54 Å². The topological polar surface area (TPSA) is 70.6 Å². The number of amides is 2. The lowest BCUT2D eigenvalue weighted by Gasteiger charge is -2.17. The molecule has 2 aromatic carbocycles. The third-order valence-corrected chi connectivity index (χ3v) is 3.43. The van der Waals surface area contributed by atoms with Gasteiger partial charge in [-0.15, -0.1) is 0 Å². The van der Waals surface area contributed by atoms with E-state index in [4.69, 9.17) is 4.74 Å². The van der Waals surface area contributed by atoms with E-state index in [0.717, 1.165) is 6.42 Å². The molecule has 2 aromatic rings. The van der Waals surface area contributed by atoms with Crippen molar-refractivity contribution in [1.29, 1.82) is 0 Å². The molecule has 5 nitrogen and oxygen atoms in total. The van der Waals surface area contributed by atoms with Gasteiger partial charge >= 0.3 is 6.03 Å². The van der Waals surface area contributed by atoms with Crippen LogP contribution in [0.25, 0.3) is 0 Å². The fourth-order valence-electron chi connectivity index (χ4n) is 2.20. The van der Waals surface area contributed by atoms with Crippen molar-refractivity contribution in [2.75, 3.05) is 6.54 Å². The van der Waals surface area contributed by atoms with E-state index in [1.165, 1.54) is 23.3 Å². The molecule has 0 fully saturated rings. The van der Waals surface area contributed by atoms with Crippen molar-refractivity contribution in [3.8, 4) is 11.5 Å². The van der Waals surface area contributed by atoms with Crippen LogP contribution in [-0.4, -0.2) is 23.9 Å². The molecule has 0 aromatic heterocycles. The molecule has 1 atom stereocenters. The first-order chi connectivity index (χ1) is 11.0. The fourth-order valence-corrected chi connectivity index (χ4v) is 2.20. The molecular formula is C18H22N2O3. The van der Waals surface area contributed by atoms with E-state index in [1.54, 1.807) is 19.1 Å². The molecule has 0 heterocycles. The summed E-state index contributed by atoms with van der Waals surface area (Å²) in [7, 11) is 0.